The highest BCUT2D eigenvalue weighted by Gasteiger charge is 2.09. The van der Waals surface area contributed by atoms with Crippen LogP contribution in [-0.2, 0) is 0 Å². The van der Waals surface area contributed by atoms with Crippen LogP contribution in [0.4, 0.5) is 0 Å². The monoisotopic (exact) mass is 236 g/mol. The van der Waals surface area contributed by atoms with Crippen LogP contribution in [0.3, 0.4) is 0 Å². The molecule has 80 valence electrons. The van der Waals surface area contributed by atoms with Gasteiger partial charge in [-0.3, -0.25) is 0 Å². The Balaban J connectivity index is 2.62. The Kier molecular flexibility index (Phi) is 6.37. The van der Waals surface area contributed by atoms with Gasteiger partial charge < -0.3 is 0 Å². The normalized spacial score (nSPS) is 10.2. The third kappa shape index (κ3) is 4.63. The SMILES string of the molecule is C=CCSC(SCC=C)c1ccccc1. The molecule has 0 aliphatic carbocycles. The van der Waals surface area contributed by atoms with Crippen LogP contribution in [0, 0.1) is 0 Å². The zero-order chi connectivity index (χ0) is 10.9. The molecular weight excluding hydrogens is 220 g/mol. The van der Waals surface area contributed by atoms with Crippen molar-refractivity contribution >= 4 is 23.5 Å². The van der Waals surface area contributed by atoms with Crippen LogP contribution in [0.25, 0.3) is 0 Å². The van der Waals surface area contributed by atoms with Crippen LogP contribution < -0.4 is 0 Å². The summed E-state index contributed by atoms with van der Waals surface area (Å²) in [7, 11) is 0. The zero-order valence-electron chi connectivity index (χ0n) is 8.76. The fourth-order valence-corrected chi connectivity index (χ4v) is 3.34. The van der Waals surface area contributed by atoms with Crippen molar-refractivity contribution in [2.45, 2.75) is 4.58 Å². The Hall–Kier alpha value is -0.600. The molecule has 1 aromatic carbocycles. The topological polar surface area (TPSA) is 0 Å². The molecule has 0 aliphatic rings. The van der Waals surface area contributed by atoms with Crippen molar-refractivity contribution in [3.8, 4) is 0 Å². The molecule has 0 aliphatic heterocycles. The van der Waals surface area contributed by atoms with E-state index in [2.05, 4.69) is 43.5 Å². The van der Waals surface area contributed by atoms with Crippen LogP contribution in [0.1, 0.15) is 10.1 Å². The summed E-state index contributed by atoms with van der Waals surface area (Å²) in [5.74, 6) is 1.98. The third-order valence-corrected chi connectivity index (χ3v) is 4.63. The van der Waals surface area contributed by atoms with Crippen LogP contribution in [0.15, 0.2) is 55.6 Å². The Morgan fingerprint density at radius 3 is 2.00 bits per heavy atom. The van der Waals surface area contributed by atoms with E-state index in [0.29, 0.717) is 4.58 Å². The van der Waals surface area contributed by atoms with E-state index in [1.165, 1.54) is 5.56 Å². The molecule has 0 spiro atoms. The molecule has 2 heteroatoms. The lowest BCUT2D eigenvalue weighted by molar-refractivity contribution is 1.37. The first-order valence-electron chi connectivity index (χ1n) is 4.88. The Bertz CT molecular complexity index is 281. The quantitative estimate of drug-likeness (QED) is 0.504. The second-order valence-corrected chi connectivity index (χ2v) is 5.56. The largest absolute Gasteiger partial charge is 0.139 e. The van der Waals surface area contributed by atoms with E-state index in [9.17, 15) is 0 Å². The Morgan fingerprint density at radius 2 is 1.53 bits per heavy atom. The smallest absolute Gasteiger partial charge is 0.0757 e. The maximum absolute atomic E-state index is 3.76. The Morgan fingerprint density at radius 1 is 1.00 bits per heavy atom. The summed E-state index contributed by atoms with van der Waals surface area (Å²) >= 11 is 3.82. The summed E-state index contributed by atoms with van der Waals surface area (Å²) < 4.78 is 0.488. The van der Waals surface area contributed by atoms with E-state index in [4.69, 9.17) is 0 Å². The molecule has 15 heavy (non-hydrogen) atoms. The van der Waals surface area contributed by atoms with E-state index in [1.54, 1.807) is 0 Å². The lowest BCUT2D eigenvalue weighted by atomic mass is 10.2. The molecular formula is C13H16S2. The van der Waals surface area contributed by atoms with Crippen LogP contribution in [-0.4, -0.2) is 11.5 Å². The second-order valence-electron chi connectivity index (χ2n) is 2.99. The molecule has 0 saturated heterocycles. The zero-order valence-corrected chi connectivity index (χ0v) is 10.4. The number of thioether (sulfide) groups is 2. The summed E-state index contributed by atoms with van der Waals surface area (Å²) in [4.78, 5) is 0. The minimum absolute atomic E-state index is 0.488. The molecule has 0 bridgehead atoms. The molecule has 0 nitrogen and oxygen atoms in total. The van der Waals surface area contributed by atoms with Gasteiger partial charge in [0.25, 0.3) is 0 Å². The highest BCUT2D eigenvalue weighted by Crippen LogP contribution is 2.39. The lowest BCUT2D eigenvalue weighted by Gasteiger charge is -2.14. The maximum Gasteiger partial charge on any atom is 0.0757 e. The van der Waals surface area contributed by atoms with E-state index in [1.807, 2.05) is 35.7 Å². The van der Waals surface area contributed by atoms with Crippen molar-refractivity contribution < 1.29 is 0 Å². The predicted molar refractivity (Wildman–Crippen MR) is 74.5 cm³/mol. The highest BCUT2D eigenvalue weighted by atomic mass is 32.2. The van der Waals surface area contributed by atoms with Crippen molar-refractivity contribution in [3.63, 3.8) is 0 Å². The van der Waals surface area contributed by atoms with Crippen LogP contribution in [0.2, 0.25) is 0 Å². The summed E-state index contributed by atoms with van der Waals surface area (Å²) in [5, 5.41) is 0. The minimum atomic E-state index is 0.488. The average molecular weight is 236 g/mol. The summed E-state index contributed by atoms with van der Waals surface area (Å²) in [6.07, 6.45) is 3.91. The standard InChI is InChI=1S/C13H16S2/c1-3-10-14-13(15-11-4-2)12-8-6-5-7-9-12/h3-9,13H,1-2,10-11H2. The lowest BCUT2D eigenvalue weighted by Crippen LogP contribution is -1.90. The van der Waals surface area contributed by atoms with Gasteiger partial charge in [-0.05, 0) is 5.56 Å². The van der Waals surface area contributed by atoms with Gasteiger partial charge >= 0.3 is 0 Å². The first kappa shape index (κ1) is 12.5. The fourth-order valence-electron chi connectivity index (χ4n) is 1.16. The summed E-state index contributed by atoms with van der Waals surface area (Å²) in [6.45, 7) is 7.51. The van der Waals surface area contributed by atoms with E-state index in [0.717, 1.165) is 11.5 Å². The van der Waals surface area contributed by atoms with E-state index < -0.39 is 0 Å². The van der Waals surface area contributed by atoms with Crippen molar-refractivity contribution in [1.82, 2.24) is 0 Å². The first-order chi connectivity index (χ1) is 7.38. The molecule has 0 aromatic heterocycles. The molecule has 0 heterocycles. The van der Waals surface area contributed by atoms with Gasteiger partial charge in [0, 0.05) is 11.5 Å². The second kappa shape index (κ2) is 7.66. The van der Waals surface area contributed by atoms with Gasteiger partial charge in [-0.2, -0.15) is 0 Å². The summed E-state index contributed by atoms with van der Waals surface area (Å²) in [5.41, 5.74) is 1.37. The molecule has 1 aromatic rings. The third-order valence-electron chi connectivity index (χ3n) is 1.80. The van der Waals surface area contributed by atoms with Gasteiger partial charge in [-0.1, -0.05) is 42.5 Å². The molecule has 0 N–H and O–H groups in total. The van der Waals surface area contributed by atoms with E-state index >= 15 is 0 Å². The van der Waals surface area contributed by atoms with Crippen LogP contribution >= 0.6 is 23.5 Å². The van der Waals surface area contributed by atoms with Gasteiger partial charge in [0.2, 0.25) is 0 Å². The number of hydrogen-bond acceptors (Lipinski definition) is 2. The van der Waals surface area contributed by atoms with Gasteiger partial charge in [0.15, 0.2) is 0 Å². The average Bonchev–Trinajstić information content (AvgIpc) is 2.30. The van der Waals surface area contributed by atoms with E-state index in [-0.39, 0.29) is 0 Å². The Labute approximate surface area is 101 Å². The van der Waals surface area contributed by atoms with Gasteiger partial charge in [0.1, 0.15) is 0 Å². The predicted octanol–water partition coefficient (Wildman–Crippen LogP) is 4.52. The van der Waals surface area contributed by atoms with Crippen molar-refractivity contribution in [1.29, 1.82) is 0 Å². The summed E-state index contributed by atoms with van der Waals surface area (Å²) in [6, 6.07) is 10.6. The fraction of sp³-hybridized carbons (Fsp3) is 0.231. The molecule has 0 amide bonds. The number of hydrogen-bond donors (Lipinski definition) is 0. The molecule has 0 atom stereocenters. The van der Waals surface area contributed by atoms with Gasteiger partial charge in [0.05, 0.1) is 4.58 Å². The minimum Gasteiger partial charge on any atom is -0.139 e. The molecule has 1 rings (SSSR count). The molecule has 0 radical (unpaired) electrons. The van der Waals surface area contributed by atoms with Crippen LogP contribution in [0.5, 0.6) is 0 Å². The first-order valence-corrected chi connectivity index (χ1v) is 6.98. The highest BCUT2D eigenvalue weighted by molar-refractivity contribution is 8.16. The van der Waals surface area contributed by atoms with Crippen molar-refractivity contribution in [2.24, 2.45) is 0 Å². The van der Waals surface area contributed by atoms with Gasteiger partial charge in [-0.15, -0.1) is 36.7 Å². The van der Waals surface area contributed by atoms with Crippen molar-refractivity contribution in [2.75, 3.05) is 11.5 Å². The van der Waals surface area contributed by atoms with Crippen molar-refractivity contribution in [3.05, 3.63) is 61.2 Å². The van der Waals surface area contributed by atoms with Gasteiger partial charge in [-0.25, -0.2) is 0 Å². The number of benzene rings is 1. The maximum atomic E-state index is 3.76. The molecule has 0 saturated carbocycles. The molecule has 0 fully saturated rings. The molecule has 0 unspecified atom stereocenters. The number of rotatable bonds is 7.